The van der Waals surface area contributed by atoms with Crippen molar-refractivity contribution in [2.75, 3.05) is 0 Å². The normalized spacial score (nSPS) is 11.7. The number of carboxylic acid groups (broad SMARTS) is 2. The van der Waals surface area contributed by atoms with Crippen LogP contribution in [-0.4, -0.2) is 26.7 Å². The molecular formula is C14H15NO4. The van der Waals surface area contributed by atoms with E-state index in [9.17, 15) is 9.59 Å². The first-order chi connectivity index (χ1) is 8.81. The topological polar surface area (TPSA) is 79.5 Å². The van der Waals surface area contributed by atoms with Gasteiger partial charge in [-0.25, -0.2) is 4.79 Å². The highest BCUT2D eigenvalue weighted by Gasteiger charge is 2.28. The molecule has 5 nitrogen and oxygen atoms in total. The molecule has 1 aromatic carbocycles. The number of rotatable bonds is 4. The number of hydrogen-bond donors (Lipinski definition) is 2. The first-order valence-electron chi connectivity index (χ1n) is 5.87. The first kappa shape index (κ1) is 13.1. The van der Waals surface area contributed by atoms with E-state index in [1.807, 2.05) is 6.07 Å². The summed E-state index contributed by atoms with van der Waals surface area (Å²) in [5.41, 5.74) is 0.0142. The van der Waals surface area contributed by atoms with Gasteiger partial charge >= 0.3 is 11.9 Å². The molecule has 0 unspecified atom stereocenters. The summed E-state index contributed by atoms with van der Waals surface area (Å²) in [6, 6.07) is 6.68. The highest BCUT2D eigenvalue weighted by Crippen LogP contribution is 2.24. The van der Waals surface area contributed by atoms with Crippen LogP contribution < -0.4 is 0 Å². The van der Waals surface area contributed by atoms with Gasteiger partial charge in [0, 0.05) is 18.3 Å². The molecule has 1 heterocycles. The first-order valence-corrected chi connectivity index (χ1v) is 5.87. The molecule has 1 aromatic heterocycles. The van der Waals surface area contributed by atoms with Crippen LogP contribution >= 0.6 is 0 Å². The Morgan fingerprint density at radius 3 is 2.47 bits per heavy atom. The average Bonchev–Trinajstić information content (AvgIpc) is 2.71. The monoisotopic (exact) mass is 261 g/mol. The summed E-state index contributed by atoms with van der Waals surface area (Å²) in [7, 11) is 0. The van der Waals surface area contributed by atoms with Gasteiger partial charge in [-0.15, -0.1) is 0 Å². The zero-order valence-corrected chi connectivity index (χ0v) is 10.8. The largest absolute Gasteiger partial charge is 0.481 e. The third-order valence-electron chi connectivity index (χ3n) is 3.17. The third-order valence-corrected chi connectivity index (χ3v) is 3.17. The molecule has 0 spiro atoms. The Kier molecular flexibility index (Phi) is 3.06. The molecule has 2 aromatic rings. The van der Waals surface area contributed by atoms with Crippen LogP contribution in [0, 0.1) is 5.41 Å². The van der Waals surface area contributed by atoms with Crippen LogP contribution in [0.3, 0.4) is 0 Å². The fourth-order valence-electron chi connectivity index (χ4n) is 1.95. The summed E-state index contributed by atoms with van der Waals surface area (Å²) in [6.07, 6.45) is 1.78. The molecule has 19 heavy (non-hydrogen) atoms. The summed E-state index contributed by atoms with van der Waals surface area (Å²) in [5, 5.41) is 19.0. The van der Waals surface area contributed by atoms with Gasteiger partial charge in [-0.1, -0.05) is 6.07 Å². The molecule has 0 amide bonds. The van der Waals surface area contributed by atoms with E-state index in [1.54, 1.807) is 36.7 Å². The maximum atomic E-state index is 11.2. The molecule has 5 heteroatoms. The minimum Gasteiger partial charge on any atom is -0.481 e. The fourth-order valence-corrected chi connectivity index (χ4v) is 1.95. The van der Waals surface area contributed by atoms with E-state index < -0.39 is 17.4 Å². The van der Waals surface area contributed by atoms with E-state index >= 15 is 0 Å². The van der Waals surface area contributed by atoms with Gasteiger partial charge in [0.15, 0.2) is 0 Å². The number of hydrogen-bond acceptors (Lipinski definition) is 2. The molecular weight excluding hydrogens is 246 g/mol. The second kappa shape index (κ2) is 4.42. The number of aliphatic carboxylic acids is 1. The predicted molar refractivity (Wildman–Crippen MR) is 70.3 cm³/mol. The maximum Gasteiger partial charge on any atom is 0.335 e. The Bertz CT molecular complexity index is 655. The summed E-state index contributed by atoms with van der Waals surface area (Å²) >= 11 is 0. The van der Waals surface area contributed by atoms with Crippen LogP contribution in [0.1, 0.15) is 24.2 Å². The van der Waals surface area contributed by atoms with E-state index in [1.165, 1.54) is 6.07 Å². The standard InChI is InChI=1S/C14H15NO4/c1-14(2,13(18)19)8-15-6-5-9-3-4-10(12(16)17)7-11(9)15/h3-7H,8H2,1-2H3,(H,16,17)(H,18,19). The number of fused-ring (bicyclic) bond motifs is 1. The average molecular weight is 261 g/mol. The van der Waals surface area contributed by atoms with E-state index in [0.717, 1.165) is 10.9 Å². The van der Waals surface area contributed by atoms with Crippen molar-refractivity contribution in [2.24, 2.45) is 5.41 Å². The molecule has 0 saturated heterocycles. The number of aromatic carboxylic acids is 1. The number of carbonyl (C=O) groups is 2. The summed E-state index contributed by atoms with van der Waals surface area (Å²) in [5.74, 6) is -1.88. The van der Waals surface area contributed by atoms with Crippen LogP contribution in [-0.2, 0) is 11.3 Å². The molecule has 0 atom stereocenters. The summed E-state index contributed by atoms with van der Waals surface area (Å²) < 4.78 is 1.77. The molecule has 2 rings (SSSR count). The lowest BCUT2D eigenvalue weighted by Crippen LogP contribution is -2.28. The van der Waals surface area contributed by atoms with Crippen LogP contribution in [0.5, 0.6) is 0 Å². The number of benzene rings is 1. The van der Waals surface area contributed by atoms with Crippen molar-refractivity contribution in [3.05, 3.63) is 36.0 Å². The maximum absolute atomic E-state index is 11.2. The fraction of sp³-hybridized carbons (Fsp3) is 0.286. The van der Waals surface area contributed by atoms with Gasteiger partial charge in [0.1, 0.15) is 0 Å². The van der Waals surface area contributed by atoms with E-state index in [0.29, 0.717) is 0 Å². The van der Waals surface area contributed by atoms with Crippen molar-refractivity contribution in [3.8, 4) is 0 Å². The van der Waals surface area contributed by atoms with Crippen molar-refractivity contribution < 1.29 is 19.8 Å². The zero-order valence-electron chi connectivity index (χ0n) is 10.8. The zero-order chi connectivity index (χ0) is 14.2. The molecule has 100 valence electrons. The van der Waals surface area contributed by atoms with Gasteiger partial charge < -0.3 is 14.8 Å². The Labute approximate surface area is 110 Å². The minimum absolute atomic E-state index is 0.195. The summed E-state index contributed by atoms with van der Waals surface area (Å²) in [4.78, 5) is 22.1. The van der Waals surface area contributed by atoms with Gasteiger partial charge in [-0.3, -0.25) is 4.79 Å². The Hall–Kier alpha value is -2.30. The van der Waals surface area contributed by atoms with Crippen LogP contribution in [0.2, 0.25) is 0 Å². The molecule has 0 aliphatic rings. The van der Waals surface area contributed by atoms with Crippen molar-refractivity contribution >= 4 is 22.8 Å². The highest BCUT2D eigenvalue weighted by atomic mass is 16.4. The van der Waals surface area contributed by atoms with E-state index in [2.05, 4.69) is 0 Å². The second-order valence-electron chi connectivity index (χ2n) is 5.21. The number of aromatic nitrogens is 1. The Morgan fingerprint density at radius 2 is 1.89 bits per heavy atom. The van der Waals surface area contributed by atoms with Crippen LogP contribution in [0.15, 0.2) is 30.5 Å². The second-order valence-corrected chi connectivity index (χ2v) is 5.21. The molecule has 0 bridgehead atoms. The lowest BCUT2D eigenvalue weighted by Gasteiger charge is -2.20. The van der Waals surface area contributed by atoms with Crippen molar-refractivity contribution in [2.45, 2.75) is 20.4 Å². The van der Waals surface area contributed by atoms with E-state index in [4.69, 9.17) is 10.2 Å². The lowest BCUT2D eigenvalue weighted by molar-refractivity contribution is -0.147. The Balaban J connectivity index is 2.47. The molecule has 2 N–H and O–H groups in total. The van der Waals surface area contributed by atoms with Gasteiger partial charge in [-0.2, -0.15) is 0 Å². The summed E-state index contributed by atoms with van der Waals surface area (Å²) in [6.45, 7) is 3.57. The molecule has 0 fully saturated rings. The molecule has 0 saturated carbocycles. The van der Waals surface area contributed by atoms with Gasteiger partial charge in [0.05, 0.1) is 11.0 Å². The quantitative estimate of drug-likeness (QED) is 0.886. The van der Waals surface area contributed by atoms with Crippen LogP contribution in [0.25, 0.3) is 10.9 Å². The van der Waals surface area contributed by atoms with Gasteiger partial charge in [-0.05, 0) is 37.4 Å². The molecule has 0 aliphatic heterocycles. The van der Waals surface area contributed by atoms with Gasteiger partial charge in [0.2, 0.25) is 0 Å². The number of carboxylic acids is 2. The Morgan fingerprint density at radius 1 is 1.21 bits per heavy atom. The predicted octanol–water partition coefficient (Wildman–Crippen LogP) is 2.45. The van der Waals surface area contributed by atoms with Gasteiger partial charge in [0.25, 0.3) is 0 Å². The van der Waals surface area contributed by atoms with E-state index in [-0.39, 0.29) is 12.1 Å². The minimum atomic E-state index is -0.993. The highest BCUT2D eigenvalue weighted by molar-refractivity contribution is 5.93. The number of nitrogens with zero attached hydrogens (tertiary/aromatic N) is 1. The van der Waals surface area contributed by atoms with Crippen LogP contribution in [0.4, 0.5) is 0 Å². The van der Waals surface area contributed by atoms with Crippen molar-refractivity contribution in [1.29, 1.82) is 0 Å². The lowest BCUT2D eigenvalue weighted by atomic mass is 9.94. The third kappa shape index (κ3) is 2.45. The van der Waals surface area contributed by atoms with Crippen molar-refractivity contribution in [3.63, 3.8) is 0 Å². The molecule has 0 aliphatic carbocycles. The SMILES string of the molecule is CC(C)(Cn1ccc2ccc(C(=O)O)cc21)C(=O)O. The molecule has 0 radical (unpaired) electrons. The van der Waals surface area contributed by atoms with Crippen molar-refractivity contribution in [1.82, 2.24) is 4.57 Å². The smallest absolute Gasteiger partial charge is 0.335 e.